The first-order valence-corrected chi connectivity index (χ1v) is 6.13. The largest absolute Gasteiger partial charge is 0.328 e. The predicted octanol–water partition coefficient (Wildman–Crippen LogP) is 1.10. The summed E-state index contributed by atoms with van der Waals surface area (Å²) >= 11 is 0. The summed E-state index contributed by atoms with van der Waals surface area (Å²) in [6, 6.07) is -0.762. The Balaban J connectivity index is 0. The van der Waals surface area contributed by atoms with Gasteiger partial charge in [0.05, 0.1) is 0 Å². The second kappa shape index (κ2) is 9.96. The maximum absolute atomic E-state index is 11.2. The number of Topliss-reactive ketones (excluding diaryl/α,β-unsaturated/α-hetero) is 1. The van der Waals surface area contributed by atoms with E-state index in [-0.39, 0.29) is 37.0 Å². The Hall–Kier alpha value is -1.23. The van der Waals surface area contributed by atoms with Gasteiger partial charge in [-0.05, 0) is 6.92 Å². The van der Waals surface area contributed by atoms with Crippen molar-refractivity contribution in [2.75, 3.05) is 6.54 Å². The van der Waals surface area contributed by atoms with Crippen molar-refractivity contribution in [3.8, 4) is 0 Å². The van der Waals surface area contributed by atoms with Gasteiger partial charge in [0.2, 0.25) is 11.8 Å². The second-order valence-corrected chi connectivity index (χ2v) is 3.02. The summed E-state index contributed by atoms with van der Waals surface area (Å²) in [6.45, 7) is 9.34. The summed E-state index contributed by atoms with van der Waals surface area (Å²) in [4.78, 5) is 34.4. The Morgan fingerprint density at radius 3 is 1.76 bits per heavy atom. The number of nitrogens with two attached hydrogens (primary N) is 1. The molecule has 1 saturated heterocycles. The predicted molar refractivity (Wildman–Crippen MR) is 67.3 cm³/mol. The molecule has 100 valence electrons. The van der Waals surface area contributed by atoms with Crippen molar-refractivity contribution in [3.05, 3.63) is 0 Å². The van der Waals surface area contributed by atoms with Crippen LogP contribution in [0.25, 0.3) is 0 Å². The Morgan fingerprint density at radius 1 is 1.18 bits per heavy atom. The van der Waals surface area contributed by atoms with Crippen molar-refractivity contribution >= 4 is 17.6 Å². The fourth-order valence-electron chi connectivity index (χ4n) is 1.39. The molecule has 0 spiro atoms. The highest BCUT2D eigenvalue weighted by Gasteiger charge is 2.36. The molecule has 0 bridgehead atoms. The summed E-state index contributed by atoms with van der Waals surface area (Å²) < 4.78 is 0. The van der Waals surface area contributed by atoms with Crippen molar-refractivity contribution in [3.63, 3.8) is 0 Å². The van der Waals surface area contributed by atoms with Gasteiger partial charge in [-0.15, -0.1) is 0 Å². The van der Waals surface area contributed by atoms with Crippen LogP contribution in [0.5, 0.6) is 0 Å². The van der Waals surface area contributed by atoms with Crippen LogP contribution in [0, 0.1) is 0 Å². The number of carbonyl (C=O) groups excluding carboxylic acids is 3. The van der Waals surface area contributed by atoms with Crippen LogP contribution >= 0.6 is 0 Å². The van der Waals surface area contributed by atoms with Gasteiger partial charge in [0.1, 0.15) is 6.04 Å². The molecule has 1 heterocycles. The number of carbonyl (C=O) groups is 3. The van der Waals surface area contributed by atoms with Crippen LogP contribution < -0.4 is 5.73 Å². The molecule has 1 atom stereocenters. The van der Waals surface area contributed by atoms with Gasteiger partial charge in [0.25, 0.3) is 0 Å². The zero-order valence-electron chi connectivity index (χ0n) is 11.4. The molecule has 1 fully saturated rings. The van der Waals surface area contributed by atoms with Gasteiger partial charge < -0.3 is 5.73 Å². The van der Waals surface area contributed by atoms with E-state index >= 15 is 0 Å². The molecule has 0 radical (unpaired) electrons. The number of ketones is 1. The summed E-state index contributed by atoms with van der Waals surface area (Å²) in [5.74, 6) is -0.836. The number of nitrogens with zero attached hydrogens (tertiary/aromatic N) is 1. The Morgan fingerprint density at radius 2 is 1.53 bits per heavy atom. The van der Waals surface area contributed by atoms with E-state index in [2.05, 4.69) is 0 Å². The molecular formula is C12H24N2O3. The fraction of sp³-hybridized carbons (Fsp3) is 0.750. The van der Waals surface area contributed by atoms with E-state index in [9.17, 15) is 14.4 Å². The molecule has 0 saturated carbocycles. The lowest BCUT2D eigenvalue weighted by atomic mass is 10.2. The van der Waals surface area contributed by atoms with Crippen molar-refractivity contribution in [2.24, 2.45) is 5.73 Å². The van der Waals surface area contributed by atoms with E-state index in [1.807, 2.05) is 27.7 Å². The van der Waals surface area contributed by atoms with Crippen LogP contribution in [-0.2, 0) is 14.4 Å². The molecule has 5 nitrogen and oxygen atoms in total. The fourth-order valence-corrected chi connectivity index (χ4v) is 1.39. The molecule has 1 aliphatic heterocycles. The first-order chi connectivity index (χ1) is 8.07. The second-order valence-electron chi connectivity index (χ2n) is 3.02. The quantitative estimate of drug-likeness (QED) is 0.754. The van der Waals surface area contributed by atoms with Crippen LogP contribution in [0.1, 0.15) is 47.5 Å². The van der Waals surface area contributed by atoms with E-state index in [0.29, 0.717) is 0 Å². The lowest BCUT2D eigenvalue weighted by molar-refractivity contribution is -0.145. The van der Waals surface area contributed by atoms with Crippen molar-refractivity contribution < 1.29 is 14.4 Å². The minimum Gasteiger partial charge on any atom is -0.328 e. The topological polar surface area (TPSA) is 80.5 Å². The molecule has 2 N–H and O–H groups in total. The Labute approximate surface area is 103 Å². The van der Waals surface area contributed by atoms with Crippen LogP contribution in [0.15, 0.2) is 0 Å². The summed E-state index contributed by atoms with van der Waals surface area (Å²) in [7, 11) is 0. The van der Waals surface area contributed by atoms with Crippen LogP contribution in [0.2, 0.25) is 0 Å². The van der Waals surface area contributed by atoms with Crippen LogP contribution in [-0.4, -0.2) is 35.1 Å². The molecule has 0 aromatic carbocycles. The molecule has 1 unspecified atom stereocenters. The number of likely N-dealkylation sites (tertiary alicyclic amines) is 1. The number of amides is 2. The highest BCUT2D eigenvalue weighted by Crippen LogP contribution is 2.15. The first-order valence-electron chi connectivity index (χ1n) is 6.13. The highest BCUT2D eigenvalue weighted by molar-refractivity contribution is 6.05. The summed E-state index contributed by atoms with van der Waals surface area (Å²) in [6.07, 6.45) is 0.394. The molecule has 5 heteroatoms. The molecule has 1 rings (SSSR count). The molecular weight excluding hydrogens is 220 g/mol. The third kappa shape index (κ3) is 5.08. The van der Waals surface area contributed by atoms with E-state index in [1.54, 1.807) is 0 Å². The minimum atomic E-state index is -0.762. The molecule has 0 aliphatic carbocycles. The first kappa shape index (κ1) is 18.1. The van der Waals surface area contributed by atoms with Crippen LogP contribution in [0.4, 0.5) is 0 Å². The monoisotopic (exact) mass is 244 g/mol. The Kier molecular flexibility index (Phi) is 10.6. The minimum absolute atomic E-state index is 0.00676. The van der Waals surface area contributed by atoms with Crippen LogP contribution in [0.3, 0.4) is 0 Å². The summed E-state index contributed by atoms with van der Waals surface area (Å²) in [5, 5.41) is 0. The zero-order chi connectivity index (χ0) is 14.0. The summed E-state index contributed by atoms with van der Waals surface area (Å²) in [5.41, 5.74) is 5.31. The lowest BCUT2D eigenvalue weighted by Crippen LogP contribution is -2.47. The number of imide groups is 1. The average Bonchev–Trinajstić information content (AvgIpc) is 2.67. The maximum atomic E-state index is 11.2. The smallest absolute Gasteiger partial charge is 0.230 e. The van der Waals surface area contributed by atoms with Gasteiger partial charge in [-0.1, -0.05) is 27.7 Å². The van der Waals surface area contributed by atoms with E-state index in [1.165, 1.54) is 6.92 Å². The molecule has 1 aliphatic rings. The van der Waals surface area contributed by atoms with Crippen molar-refractivity contribution in [1.82, 2.24) is 4.90 Å². The third-order valence-corrected chi connectivity index (χ3v) is 2.09. The maximum Gasteiger partial charge on any atom is 0.230 e. The lowest BCUT2D eigenvalue weighted by Gasteiger charge is -2.21. The Bertz CT molecular complexity index is 248. The molecule has 0 aromatic rings. The zero-order valence-corrected chi connectivity index (χ0v) is 11.4. The van der Waals surface area contributed by atoms with E-state index < -0.39 is 6.04 Å². The van der Waals surface area contributed by atoms with Crippen molar-refractivity contribution in [1.29, 1.82) is 0 Å². The van der Waals surface area contributed by atoms with E-state index in [0.717, 1.165) is 4.90 Å². The molecule has 17 heavy (non-hydrogen) atoms. The average molecular weight is 244 g/mol. The van der Waals surface area contributed by atoms with Gasteiger partial charge >= 0.3 is 0 Å². The number of rotatable bonds is 3. The normalized spacial score (nSPS) is 15.5. The molecule has 2 amide bonds. The number of hydrogen-bond donors (Lipinski definition) is 1. The van der Waals surface area contributed by atoms with Gasteiger partial charge in [-0.3, -0.25) is 19.3 Å². The van der Waals surface area contributed by atoms with Gasteiger partial charge in [-0.25, -0.2) is 0 Å². The highest BCUT2D eigenvalue weighted by atomic mass is 16.2. The molecule has 0 aromatic heterocycles. The SMILES string of the molecule is CC.CC.CC(=O)C(CN)N1C(=O)CCC1=O. The third-order valence-electron chi connectivity index (χ3n) is 2.09. The number of hydrogen-bond acceptors (Lipinski definition) is 4. The van der Waals surface area contributed by atoms with E-state index in [4.69, 9.17) is 5.73 Å². The standard InChI is InChI=1S/C8H12N2O3.2C2H6/c1-5(11)6(4-9)10-7(12)2-3-8(10)13;2*1-2/h6H,2-4,9H2,1H3;2*1-2H3. The van der Waals surface area contributed by atoms with Crippen molar-refractivity contribution in [2.45, 2.75) is 53.5 Å². The van der Waals surface area contributed by atoms with Gasteiger partial charge in [0.15, 0.2) is 5.78 Å². The van der Waals surface area contributed by atoms with Gasteiger partial charge in [0, 0.05) is 19.4 Å². The van der Waals surface area contributed by atoms with Gasteiger partial charge in [-0.2, -0.15) is 0 Å².